The van der Waals surface area contributed by atoms with E-state index in [1.54, 1.807) is 0 Å². The highest BCUT2D eigenvalue weighted by atomic mass is 35.5. The summed E-state index contributed by atoms with van der Waals surface area (Å²) in [5.74, 6) is 1.17. The van der Waals surface area contributed by atoms with Crippen LogP contribution in [0.3, 0.4) is 0 Å². The van der Waals surface area contributed by atoms with Gasteiger partial charge in [-0.15, -0.1) is 0 Å². The summed E-state index contributed by atoms with van der Waals surface area (Å²) in [4.78, 5) is 8.66. The summed E-state index contributed by atoms with van der Waals surface area (Å²) in [6.07, 6.45) is 12.2. The Labute approximate surface area is 169 Å². The Morgan fingerprint density at radius 3 is 2.96 bits per heavy atom. The van der Waals surface area contributed by atoms with Crippen molar-refractivity contribution in [2.24, 2.45) is 5.92 Å². The second-order valence-corrected chi connectivity index (χ2v) is 8.32. The molecule has 2 N–H and O–H groups in total. The van der Waals surface area contributed by atoms with Crippen molar-refractivity contribution >= 4 is 39.2 Å². The number of rotatable bonds is 4. The Kier molecular flexibility index (Phi) is 4.44. The third-order valence-corrected chi connectivity index (χ3v) is 6.43. The maximum Gasteiger partial charge on any atom is 0.142 e. The molecule has 1 aliphatic carbocycles. The fraction of sp³-hybridized carbons (Fsp3) is 0.304. The first-order valence-corrected chi connectivity index (χ1v) is 10.3. The van der Waals surface area contributed by atoms with E-state index in [1.807, 2.05) is 18.5 Å². The minimum Gasteiger partial charge on any atom is -0.382 e. The van der Waals surface area contributed by atoms with E-state index in [0.717, 1.165) is 23.2 Å². The van der Waals surface area contributed by atoms with E-state index in [1.165, 1.54) is 42.1 Å². The lowest BCUT2D eigenvalue weighted by molar-refractivity contribution is 0.462. The number of pyridine rings is 2. The largest absolute Gasteiger partial charge is 0.382 e. The van der Waals surface area contributed by atoms with Gasteiger partial charge in [0, 0.05) is 35.4 Å². The number of hydrogen-bond donors (Lipinski definition) is 1. The van der Waals surface area contributed by atoms with Gasteiger partial charge >= 0.3 is 0 Å². The molecule has 0 aliphatic heterocycles. The number of nitrogens with zero attached hydrogens (tertiary/aromatic N) is 3. The van der Waals surface area contributed by atoms with E-state index in [4.69, 9.17) is 17.3 Å². The molecule has 3 aromatic heterocycles. The summed E-state index contributed by atoms with van der Waals surface area (Å²) in [5.41, 5.74) is 9.41. The molecule has 0 spiro atoms. The van der Waals surface area contributed by atoms with Crippen molar-refractivity contribution in [3.8, 4) is 0 Å². The highest BCUT2D eigenvalue weighted by Gasteiger charge is 2.26. The third-order valence-electron chi connectivity index (χ3n) is 6.13. The summed E-state index contributed by atoms with van der Waals surface area (Å²) in [7, 11) is 0. The molecule has 0 saturated heterocycles. The van der Waals surface area contributed by atoms with Crippen molar-refractivity contribution < 1.29 is 0 Å². The summed E-state index contributed by atoms with van der Waals surface area (Å²) in [5, 5.41) is 2.79. The summed E-state index contributed by atoms with van der Waals surface area (Å²) in [6, 6.07) is 13.2. The number of benzene rings is 1. The van der Waals surface area contributed by atoms with Gasteiger partial charge in [0.25, 0.3) is 0 Å². The molecule has 1 fully saturated rings. The van der Waals surface area contributed by atoms with Crippen LogP contribution in [0.2, 0.25) is 5.02 Å². The molecule has 0 radical (unpaired) electrons. The molecule has 1 aliphatic rings. The van der Waals surface area contributed by atoms with E-state index in [0.29, 0.717) is 16.9 Å². The first-order valence-electron chi connectivity index (χ1n) is 9.92. The van der Waals surface area contributed by atoms with Crippen LogP contribution in [0.5, 0.6) is 0 Å². The van der Waals surface area contributed by atoms with Gasteiger partial charge in [0.05, 0.1) is 16.1 Å². The highest BCUT2D eigenvalue weighted by Crippen LogP contribution is 2.39. The van der Waals surface area contributed by atoms with Crippen molar-refractivity contribution in [3.05, 3.63) is 65.6 Å². The summed E-state index contributed by atoms with van der Waals surface area (Å²) < 4.78 is 2.45. The number of nitrogen functional groups attached to an aromatic ring is 1. The Morgan fingerprint density at radius 2 is 2.04 bits per heavy atom. The molecule has 2 unspecified atom stereocenters. The second kappa shape index (κ2) is 7.10. The maximum atomic E-state index is 6.07. The molecule has 1 saturated carbocycles. The monoisotopic (exact) mass is 390 g/mol. The molecule has 5 rings (SSSR count). The average Bonchev–Trinajstić information content (AvgIpc) is 3.34. The fourth-order valence-electron chi connectivity index (χ4n) is 4.61. The molecule has 3 heterocycles. The van der Waals surface area contributed by atoms with Gasteiger partial charge in [-0.05, 0) is 67.9 Å². The third kappa shape index (κ3) is 3.22. The van der Waals surface area contributed by atoms with Crippen LogP contribution in [0.25, 0.3) is 21.8 Å². The first kappa shape index (κ1) is 17.5. The lowest BCUT2D eigenvalue weighted by Crippen LogP contribution is -2.04. The fourth-order valence-corrected chi connectivity index (χ4v) is 4.77. The Hall–Kier alpha value is -2.59. The van der Waals surface area contributed by atoms with Crippen molar-refractivity contribution in [2.45, 2.75) is 38.1 Å². The van der Waals surface area contributed by atoms with Crippen molar-refractivity contribution in [1.29, 1.82) is 0 Å². The minimum absolute atomic E-state index is 0.402. The van der Waals surface area contributed by atoms with Gasteiger partial charge in [0.2, 0.25) is 0 Å². The average molecular weight is 391 g/mol. The molecular weight excluding hydrogens is 368 g/mol. The zero-order valence-corrected chi connectivity index (χ0v) is 16.4. The smallest absolute Gasteiger partial charge is 0.142 e. The SMILES string of the molecule is Nc1nc2cc(CCC3CCC(n4ccc5cnccc54)C3)ccc2cc1Cl. The number of hydrogen-bond acceptors (Lipinski definition) is 3. The van der Waals surface area contributed by atoms with Gasteiger partial charge in [0.1, 0.15) is 5.82 Å². The molecule has 28 heavy (non-hydrogen) atoms. The number of nitrogens with two attached hydrogens (primary N) is 1. The van der Waals surface area contributed by atoms with Crippen LogP contribution in [0.4, 0.5) is 5.82 Å². The standard InChI is InChI=1S/C23H23ClN4/c24-20-13-17-5-3-16(12-21(17)27-23(20)25)2-1-15-4-6-19(11-15)28-10-8-18-14-26-9-7-22(18)28/h3,5,7-10,12-15,19H,1-2,4,6,11H2,(H2,25,27). The second-order valence-electron chi connectivity index (χ2n) is 7.91. The van der Waals surface area contributed by atoms with Crippen LogP contribution in [0.1, 0.15) is 37.3 Å². The van der Waals surface area contributed by atoms with E-state index < -0.39 is 0 Å². The maximum absolute atomic E-state index is 6.07. The predicted octanol–water partition coefficient (Wildman–Crippen LogP) is 5.79. The Morgan fingerprint density at radius 1 is 1.11 bits per heavy atom. The van der Waals surface area contributed by atoms with Crippen LogP contribution < -0.4 is 5.73 Å². The number of anilines is 1. The van der Waals surface area contributed by atoms with Crippen molar-refractivity contribution in [1.82, 2.24) is 14.5 Å². The van der Waals surface area contributed by atoms with E-state index in [-0.39, 0.29) is 0 Å². The molecule has 0 amide bonds. The van der Waals surface area contributed by atoms with Gasteiger partial charge in [-0.2, -0.15) is 0 Å². The quantitative estimate of drug-likeness (QED) is 0.479. The van der Waals surface area contributed by atoms with Gasteiger partial charge in [-0.3, -0.25) is 4.98 Å². The van der Waals surface area contributed by atoms with Crippen LogP contribution in [0, 0.1) is 5.92 Å². The number of aryl methyl sites for hydroxylation is 1. The van der Waals surface area contributed by atoms with Crippen LogP contribution >= 0.6 is 11.6 Å². The normalized spacial score (nSPS) is 19.6. The lowest BCUT2D eigenvalue weighted by atomic mass is 9.97. The van der Waals surface area contributed by atoms with Crippen LogP contribution in [-0.4, -0.2) is 14.5 Å². The molecular formula is C23H23ClN4. The topological polar surface area (TPSA) is 56.7 Å². The van der Waals surface area contributed by atoms with E-state index in [2.05, 4.69) is 51.1 Å². The van der Waals surface area contributed by atoms with Gasteiger partial charge in [0.15, 0.2) is 0 Å². The molecule has 5 heteroatoms. The molecule has 142 valence electrons. The van der Waals surface area contributed by atoms with Gasteiger partial charge in [-0.1, -0.05) is 23.7 Å². The number of halogens is 1. The first-order chi connectivity index (χ1) is 13.7. The summed E-state index contributed by atoms with van der Waals surface area (Å²) in [6.45, 7) is 0. The minimum atomic E-state index is 0.402. The predicted molar refractivity (Wildman–Crippen MR) is 116 cm³/mol. The molecule has 4 aromatic rings. The highest BCUT2D eigenvalue weighted by molar-refractivity contribution is 6.33. The number of fused-ring (bicyclic) bond motifs is 2. The Balaban J connectivity index is 1.26. The molecule has 4 nitrogen and oxygen atoms in total. The lowest BCUT2D eigenvalue weighted by Gasteiger charge is -2.15. The summed E-state index contributed by atoms with van der Waals surface area (Å²) >= 11 is 6.07. The molecule has 1 aromatic carbocycles. The van der Waals surface area contributed by atoms with Crippen LogP contribution in [0.15, 0.2) is 55.0 Å². The molecule has 0 bridgehead atoms. The van der Waals surface area contributed by atoms with Crippen LogP contribution in [-0.2, 0) is 6.42 Å². The molecule has 2 atom stereocenters. The Bertz CT molecular complexity index is 1150. The van der Waals surface area contributed by atoms with Gasteiger partial charge in [-0.25, -0.2) is 4.98 Å². The van der Waals surface area contributed by atoms with Crippen molar-refractivity contribution in [2.75, 3.05) is 5.73 Å². The zero-order valence-electron chi connectivity index (χ0n) is 15.7. The van der Waals surface area contributed by atoms with Crippen molar-refractivity contribution in [3.63, 3.8) is 0 Å². The van der Waals surface area contributed by atoms with Gasteiger partial charge < -0.3 is 10.3 Å². The van der Waals surface area contributed by atoms with E-state index in [9.17, 15) is 0 Å². The number of aromatic nitrogens is 3. The zero-order chi connectivity index (χ0) is 19.1. The van der Waals surface area contributed by atoms with E-state index >= 15 is 0 Å².